The molecule has 2 atom stereocenters. The molecular weight excluding hydrogens is 350 g/mol. The van der Waals surface area contributed by atoms with Gasteiger partial charge in [0.15, 0.2) is 0 Å². The van der Waals surface area contributed by atoms with Crippen LogP contribution in [0.3, 0.4) is 0 Å². The van der Waals surface area contributed by atoms with E-state index in [1.54, 1.807) is 6.92 Å². The summed E-state index contributed by atoms with van der Waals surface area (Å²) < 4.78 is 31.8. The van der Waals surface area contributed by atoms with Gasteiger partial charge in [-0.3, -0.25) is 14.9 Å². The van der Waals surface area contributed by atoms with Gasteiger partial charge >= 0.3 is 5.97 Å². The molecule has 25 heavy (non-hydrogen) atoms. The van der Waals surface area contributed by atoms with Gasteiger partial charge in [0.2, 0.25) is 10.0 Å². The number of hydrogen-bond acceptors (Lipinski definition) is 7. The number of sulfonamides is 1. The first kappa shape index (κ1) is 19.3. The molecule has 0 spiro atoms. The number of nitrogens with one attached hydrogen (secondary N) is 1. The molecule has 1 saturated heterocycles. The minimum absolute atomic E-state index is 0.0120. The van der Waals surface area contributed by atoms with Crippen LogP contribution in [0.15, 0.2) is 29.2 Å². The minimum Gasteiger partial charge on any atom is -0.466 e. The van der Waals surface area contributed by atoms with Crippen molar-refractivity contribution in [3.05, 3.63) is 34.4 Å². The Bertz CT molecular complexity index is 734. The highest BCUT2D eigenvalue weighted by Gasteiger charge is 2.34. The van der Waals surface area contributed by atoms with Crippen molar-refractivity contribution in [3.8, 4) is 0 Å². The zero-order valence-corrected chi connectivity index (χ0v) is 14.9. The number of carbonyl (C=O) groups is 1. The Morgan fingerprint density at radius 1 is 1.36 bits per heavy atom. The van der Waals surface area contributed by atoms with Crippen molar-refractivity contribution in [2.45, 2.75) is 37.2 Å². The maximum Gasteiger partial charge on any atom is 0.307 e. The van der Waals surface area contributed by atoms with Crippen LogP contribution in [0.25, 0.3) is 0 Å². The Labute approximate surface area is 146 Å². The van der Waals surface area contributed by atoms with E-state index in [2.05, 4.69) is 5.32 Å². The van der Waals surface area contributed by atoms with Crippen molar-refractivity contribution >= 4 is 21.7 Å². The van der Waals surface area contributed by atoms with Crippen LogP contribution in [0.5, 0.6) is 0 Å². The second kappa shape index (κ2) is 7.89. The molecule has 0 radical (unpaired) electrons. The topological polar surface area (TPSA) is 119 Å². The van der Waals surface area contributed by atoms with E-state index in [-0.39, 0.29) is 54.8 Å². The molecule has 1 aromatic carbocycles. The number of carbonyl (C=O) groups excluding carboxylic acids is 1. The Morgan fingerprint density at radius 3 is 2.56 bits per heavy atom. The monoisotopic (exact) mass is 371 g/mol. The molecule has 1 heterocycles. The average molecular weight is 371 g/mol. The zero-order valence-electron chi connectivity index (χ0n) is 14.0. The van der Waals surface area contributed by atoms with Gasteiger partial charge in [0.25, 0.3) is 5.69 Å². The van der Waals surface area contributed by atoms with Crippen molar-refractivity contribution in [3.63, 3.8) is 0 Å². The second-order valence-electron chi connectivity index (χ2n) is 5.85. The van der Waals surface area contributed by atoms with E-state index in [1.807, 2.05) is 6.92 Å². The molecule has 9 nitrogen and oxygen atoms in total. The number of esters is 1. The molecule has 0 amide bonds. The van der Waals surface area contributed by atoms with Crippen LogP contribution < -0.4 is 5.32 Å². The highest BCUT2D eigenvalue weighted by molar-refractivity contribution is 7.89. The summed E-state index contributed by atoms with van der Waals surface area (Å²) in [5.74, 6) is -0.387. The molecule has 1 aliphatic rings. The molecule has 1 aromatic rings. The molecule has 1 N–H and O–H groups in total. The quantitative estimate of drug-likeness (QED) is 0.448. The van der Waals surface area contributed by atoms with Gasteiger partial charge in [0, 0.05) is 37.3 Å². The molecule has 138 valence electrons. The van der Waals surface area contributed by atoms with E-state index in [1.165, 1.54) is 16.4 Å². The Kier molecular flexibility index (Phi) is 6.09. The second-order valence-corrected chi connectivity index (χ2v) is 7.78. The molecular formula is C15H21N3O6S. The van der Waals surface area contributed by atoms with E-state index in [4.69, 9.17) is 4.74 Å². The molecule has 0 bridgehead atoms. The largest absolute Gasteiger partial charge is 0.466 e. The summed E-state index contributed by atoms with van der Waals surface area (Å²) in [6.45, 7) is 4.18. The van der Waals surface area contributed by atoms with E-state index in [0.29, 0.717) is 0 Å². The highest BCUT2D eigenvalue weighted by atomic mass is 32.2. The Morgan fingerprint density at radius 2 is 2.00 bits per heavy atom. The van der Waals surface area contributed by atoms with Crippen LogP contribution in [0.2, 0.25) is 0 Å². The van der Waals surface area contributed by atoms with Crippen LogP contribution in [0, 0.1) is 10.1 Å². The number of nitro benzene ring substituents is 1. The van der Waals surface area contributed by atoms with E-state index < -0.39 is 14.9 Å². The minimum atomic E-state index is -3.80. The third-order valence-corrected chi connectivity index (χ3v) is 5.67. The number of rotatable bonds is 6. The van der Waals surface area contributed by atoms with Crippen molar-refractivity contribution in [1.29, 1.82) is 0 Å². The van der Waals surface area contributed by atoms with E-state index >= 15 is 0 Å². The predicted molar refractivity (Wildman–Crippen MR) is 89.5 cm³/mol. The van der Waals surface area contributed by atoms with Crippen molar-refractivity contribution in [2.75, 3.05) is 19.7 Å². The fourth-order valence-corrected chi connectivity index (χ4v) is 4.34. The lowest BCUT2D eigenvalue weighted by Gasteiger charge is -2.36. The summed E-state index contributed by atoms with van der Waals surface area (Å²) in [6, 6.07) is 4.28. The maximum atomic E-state index is 12.8. The molecule has 10 heteroatoms. The summed E-state index contributed by atoms with van der Waals surface area (Å²) >= 11 is 0. The van der Waals surface area contributed by atoms with E-state index in [9.17, 15) is 23.3 Å². The molecule has 0 unspecified atom stereocenters. The number of nitro groups is 1. The first-order valence-corrected chi connectivity index (χ1v) is 9.34. The number of hydrogen-bond donors (Lipinski definition) is 1. The van der Waals surface area contributed by atoms with Gasteiger partial charge in [-0.25, -0.2) is 8.42 Å². The number of ether oxygens (including phenoxy) is 1. The van der Waals surface area contributed by atoms with Gasteiger partial charge in [-0.2, -0.15) is 4.31 Å². The predicted octanol–water partition coefficient (Wildman–Crippen LogP) is 0.899. The molecule has 0 saturated carbocycles. The lowest BCUT2D eigenvalue weighted by Crippen LogP contribution is -2.57. The molecule has 1 aliphatic heterocycles. The van der Waals surface area contributed by atoms with Crippen molar-refractivity contribution in [1.82, 2.24) is 9.62 Å². The lowest BCUT2D eigenvalue weighted by molar-refractivity contribution is -0.384. The summed E-state index contributed by atoms with van der Waals surface area (Å²) in [5, 5.41) is 13.9. The first-order chi connectivity index (χ1) is 11.7. The number of piperazine rings is 1. The normalized spacial score (nSPS) is 21.7. The SMILES string of the molecule is CCOC(=O)C[C@H]1CN(S(=O)(=O)c2ccc([N+](=O)[O-])cc2)C[C@H](C)N1. The van der Waals surface area contributed by atoms with E-state index in [0.717, 1.165) is 12.1 Å². The zero-order chi connectivity index (χ0) is 18.6. The highest BCUT2D eigenvalue weighted by Crippen LogP contribution is 2.22. The fourth-order valence-electron chi connectivity index (χ4n) is 2.76. The third-order valence-electron chi connectivity index (χ3n) is 3.83. The third kappa shape index (κ3) is 4.74. The smallest absolute Gasteiger partial charge is 0.307 e. The molecule has 2 rings (SSSR count). The van der Waals surface area contributed by atoms with Gasteiger partial charge in [-0.1, -0.05) is 0 Å². The molecule has 1 fully saturated rings. The maximum absolute atomic E-state index is 12.8. The van der Waals surface area contributed by atoms with Crippen LogP contribution >= 0.6 is 0 Å². The Hall–Kier alpha value is -2.04. The van der Waals surface area contributed by atoms with Crippen LogP contribution in [-0.2, 0) is 19.6 Å². The summed E-state index contributed by atoms with van der Waals surface area (Å²) in [6.07, 6.45) is 0.0739. The fraction of sp³-hybridized carbons (Fsp3) is 0.533. The van der Waals surface area contributed by atoms with Crippen molar-refractivity contribution < 1.29 is 22.9 Å². The van der Waals surface area contributed by atoms with Crippen LogP contribution in [0.1, 0.15) is 20.3 Å². The number of non-ortho nitro benzene ring substituents is 1. The lowest BCUT2D eigenvalue weighted by atomic mass is 10.1. The standard InChI is InChI=1S/C15H21N3O6S/c1-3-24-15(19)8-12-10-17(9-11(2)16-12)25(22,23)14-6-4-13(5-7-14)18(20)21/h4-7,11-12,16H,3,8-10H2,1-2H3/t11-,12-/m0/s1. The number of nitrogens with zero attached hydrogens (tertiary/aromatic N) is 2. The first-order valence-electron chi connectivity index (χ1n) is 7.90. The van der Waals surface area contributed by atoms with Crippen molar-refractivity contribution in [2.24, 2.45) is 0 Å². The van der Waals surface area contributed by atoms with Gasteiger partial charge in [0.05, 0.1) is 22.8 Å². The number of benzene rings is 1. The average Bonchev–Trinajstić information content (AvgIpc) is 2.54. The van der Waals surface area contributed by atoms with Gasteiger partial charge in [-0.05, 0) is 26.0 Å². The van der Waals surface area contributed by atoms with Gasteiger partial charge < -0.3 is 10.1 Å². The Balaban J connectivity index is 2.16. The summed E-state index contributed by atoms with van der Waals surface area (Å²) in [4.78, 5) is 21.8. The van der Waals surface area contributed by atoms with Crippen LogP contribution in [0.4, 0.5) is 5.69 Å². The van der Waals surface area contributed by atoms with Gasteiger partial charge in [-0.15, -0.1) is 0 Å². The molecule has 0 aromatic heterocycles. The molecule has 0 aliphatic carbocycles. The summed E-state index contributed by atoms with van der Waals surface area (Å²) in [5.41, 5.74) is -0.173. The summed E-state index contributed by atoms with van der Waals surface area (Å²) in [7, 11) is -3.80. The van der Waals surface area contributed by atoms with Gasteiger partial charge in [0.1, 0.15) is 0 Å². The van der Waals surface area contributed by atoms with Crippen LogP contribution in [-0.4, -0.2) is 55.4 Å².